The van der Waals surface area contributed by atoms with Gasteiger partial charge in [0.25, 0.3) is 5.91 Å². The average Bonchev–Trinajstić information content (AvgIpc) is 2.74. The Morgan fingerprint density at radius 3 is 2.23 bits per heavy atom. The highest BCUT2D eigenvalue weighted by atomic mass is 16.5. The first-order chi connectivity index (χ1) is 14.4. The Kier molecular flexibility index (Phi) is 6.27. The van der Waals surface area contributed by atoms with Crippen molar-refractivity contribution in [2.45, 2.75) is 13.8 Å². The maximum Gasteiger partial charge on any atom is 0.339 e. The Bertz CT molecular complexity index is 1110. The minimum atomic E-state index is -0.560. The number of carbonyl (C=O) groups excluding carboxylic acids is 3. The molecule has 1 amide bonds. The van der Waals surface area contributed by atoms with Crippen LogP contribution in [0.1, 0.15) is 33.2 Å². The van der Waals surface area contributed by atoms with Crippen molar-refractivity contribution in [3.63, 3.8) is 0 Å². The fraction of sp³-hybridized carbons (Fsp3) is 0.125. The normalized spacial score (nSPS) is 10.2. The van der Waals surface area contributed by atoms with Gasteiger partial charge < -0.3 is 14.8 Å². The van der Waals surface area contributed by atoms with Crippen LogP contribution in [0.25, 0.3) is 11.1 Å². The molecule has 0 atom stereocenters. The molecule has 0 unspecified atom stereocenters. The fourth-order valence-corrected chi connectivity index (χ4v) is 3.01. The van der Waals surface area contributed by atoms with E-state index in [0.717, 1.165) is 11.1 Å². The molecule has 3 aromatic carbocycles. The van der Waals surface area contributed by atoms with Gasteiger partial charge in [0, 0.05) is 12.5 Å². The van der Waals surface area contributed by atoms with Gasteiger partial charge in [-0.2, -0.15) is 0 Å². The van der Waals surface area contributed by atoms with Gasteiger partial charge in [0.1, 0.15) is 5.75 Å². The van der Waals surface area contributed by atoms with Gasteiger partial charge in [0.15, 0.2) is 0 Å². The third-order valence-electron chi connectivity index (χ3n) is 4.50. The van der Waals surface area contributed by atoms with Crippen LogP contribution in [0, 0.1) is 6.92 Å². The Hall–Kier alpha value is -3.93. The molecule has 3 aromatic rings. The van der Waals surface area contributed by atoms with E-state index >= 15 is 0 Å². The number of nitrogens with one attached hydrogen (secondary N) is 1. The highest BCUT2D eigenvalue weighted by molar-refractivity contribution is 6.09. The van der Waals surface area contributed by atoms with Gasteiger partial charge in [-0.25, -0.2) is 4.79 Å². The summed E-state index contributed by atoms with van der Waals surface area (Å²) in [6.45, 7) is 3.06. The van der Waals surface area contributed by atoms with Gasteiger partial charge in [-0.15, -0.1) is 0 Å². The number of hydrogen-bond acceptors (Lipinski definition) is 5. The van der Waals surface area contributed by atoms with E-state index in [0.29, 0.717) is 16.8 Å². The molecule has 152 valence electrons. The third kappa shape index (κ3) is 4.72. The molecular weight excluding hydrogens is 382 g/mol. The molecule has 0 radical (unpaired) electrons. The second-order valence-electron chi connectivity index (χ2n) is 6.64. The van der Waals surface area contributed by atoms with Crippen LogP contribution in [-0.4, -0.2) is 25.0 Å². The second kappa shape index (κ2) is 9.05. The van der Waals surface area contributed by atoms with Crippen LogP contribution in [0.15, 0.2) is 66.7 Å². The Labute approximate surface area is 174 Å². The van der Waals surface area contributed by atoms with Crippen molar-refractivity contribution < 1.29 is 23.9 Å². The van der Waals surface area contributed by atoms with E-state index < -0.39 is 17.8 Å². The lowest BCUT2D eigenvalue weighted by Gasteiger charge is -2.14. The van der Waals surface area contributed by atoms with E-state index in [1.807, 2.05) is 30.3 Å². The average molecular weight is 403 g/mol. The zero-order chi connectivity index (χ0) is 21.7. The summed E-state index contributed by atoms with van der Waals surface area (Å²) in [5.41, 5.74) is 3.36. The van der Waals surface area contributed by atoms with Crippen LogP contribution >= 0.6 is 0 Å². The number of anilines is 1. The van der Waals surface area contributed by atoms with Crippen molar-refractivity contribution in [3.8, 4) is 16.9 Å². The molecule has 0 heterocycles. The minimum Gasteiger partial charge on any atom is -0.465 e. The van der Waals surface area contributed by atoms with Crippen molar-refractivity contribution in [1.82, 2.24) is 0 Å². The van der Waals surface area contributed by atoms with E-state index in [1.54, 1.807) is 37.3 Å². The standard InChI is InChI=1S/C24H21NO5/c1-15-9-11-19(30-16(2)26)14-21(15)23(27)25-22-13-18(17-7-5-4-6-8-17)10-12-20(22)24(28)29-3/h4-14H,1-3H3,(H,25,27). The van der Waals surface area contributed by atoms with E-state index in [9.17, 15) is 14.4 Å². The topological polar surface area (TPSA) is 81.7 Å². The Morgan fingerprint density at radius 1 is 0.833 bits per heavy atom. The molecular formula is C24H21NO5. The highest BCUT2D eigenvalue weighted by Crippen LogP contribution is 2.27. The Morgan fingerprint density at radius 2 is 1.57 bits per heavy atom. The molecule has 0 saturated heterocycles. The maximum atomic E-state index is 13.0. The number of methoxy groups -OCH3 is 1. The van der Waals surface area contributed by atoms with Crippen LogP contribution in [0.4, 0.5) is 5.69 Å². The first kappa shape index (κ1) is 20.8. The number of hydrogen-bond donors (Lipinski definition) is 1. The molecule has 0 saturated carbocycles. The van der Waals surface area contributed by atoms with Crippen LogP contribution in [0.5, 0.6) is 5.75 Å². The number of aryl methyl sites for hydroxylation is 1. The van der Waals surface area contributed by atoms with Crippen LogP contribution in [0.3, 0.4) is 0 Å². The third-order valence-corrected chi connectivity index (χ3v) is 4.50. The van der Waals surface area contributed by atoms with Crippen LogP contribution in [-0.2, 0) is 9.53 Å². The lowest BCUT2D eigenvalue weighted by molar-refractivity contribution is -0.131. The summed E-state index contributed by atoms with van der Waals surface area (Å²) < 4.78 is 9.92. The summed E-state index contributed by atoms with van der Waals surface area (Å²) >= 11 is 0. The zero-order valence-electron chi connectivity index (χ0n) is 16.9. The Balaban J connectivity index is 1.99. The van der Waals surface area contributed by atoms with Crippen LogP contribution < -0.4 is 10.1 Å². The molecule has 0 aliphatic carbocycles. The molecule has 0 spiro atoms. The summed E-state index contributed by atoms with van der Waals surface area (Å²) in [6, 6.07) is 19.5. The largest absolute Gasteiger partial charge is 0.465 e. The highest BCUT2D eigenvalue weighted by Gasteiger charge is 2.18. The van der Waals surface area contributed by atoms with Gasteiger partial charge in [0.2, 0.25) is 0 Å². The maximum absolute atomic E-state index is 13.0. The van der Waals surface area contributed by atoms with Crippen LogP contribution in [0.2, 0.25) is 0 Å². The predicted molar refractivity (Wildman–Crippen MR) is 114 cm³/mol. The number of amides is 1. The fourth-order valence-electron chi connectivity index (χ4n) is 3.01. The van der Waals surface area contributed by atoms with Gasteiger partial charge in [-0.1, -0.05) is 42.5 Å². The molecule has 0 aliphatic heterocycles. The number of esters is 2. The van der Waals surface area contributed by atoms with Gasteiger partial charge in [0.05, 0.1) is 18.4 Å². The summed E-state index contributed by atoms with van der Waals surface area (Å²) in [5, 5.41) is 2.79. The van der Waals surface area contributed by atoms with Crippen molar-refractivity contribution in [1.29, 1.82) is 0 Å². The van der Waals surface area contributed by atoms with Gasteiger partial charge >= 0.3 is 11.9 Å². The lowest BCUT2D eigenvalue weighted by Crippen LogP contribution is -2.17. The smallest absolute Gasteiger partial charge is 0.339 e. The monoisotopic (exact) mass is 403 g/mol. The van der Waals surface area contributed by atoms with Crippen molar-refractivity contribution in [3.05, 3.63) is 83.4 Å². The summed E-state index contributed by atoms with van der Waals surface area (Å²) in [6.07, 6.45) is 0. The zero-order valence-corrected chi connectivity index (χ0v) is 16.9. The molecule has 0 aromatic heterocycles. The molecule has 1 N–H and O–H groups in total. The van der Waals surface area contributed by atoms with Gasteiger partial charge in [-0.3, -0.25) is 9.59 Å². The quantitative estimate of drug-likeness (QED) is 0.496. The number of carbonyl (C=O) groups is 3. The number of benzene rings is 3. The van der Waals surface area contributed by atoms with E-state index in [1.165, 1.54) is 20.1 Å². The summed E-state index contributed by atoms with van der Waals surface area (Å²) in [5.74, 6) is -1.20. The second-order valence-corrected chi connectivity index (χ2v) is 6.64. The molecule has 3 rings (SSSR count). The first-order valence-electron chi connectivity index (χ1n) is 9.27. The van der Waals surface area contributed by atoms with Crippen molar-refractivity contribution in [2.75, 3.05) is 12.4 Å². The molecule has 0 fully saturated rings. The van der Waals surface area contributed by atoms with E-state index in [-0.39, 0.29) is 11.3 Å². The van der Waals surface area contributed by atoms with Gasteiger partial charge in [-0.05, 0) is 47.9 Å². The molecule has 6 nitrogen and oxygen atoms in total. The number of ether oxygens (including phenoxy) is 2. The van der Waals surface area contributed by atoms with Crippen molar-refractivity contribution >= 4 is 23.5 Å². The first-order valence-corrected chi connectivity index (χ1v) is 9.27. The minimum absolute atomic E-state index is 0.235. The molecule has 6 heteroatoms. The summed E-state index contributed by atoms with van der Waals surface area (Å²) in [4.78, 5) is 36.4. The molecule has 0 aliphatic rings. The number of rotatable bonds is 5. The lowest BCUT2D eigenvalue weighted by atomic mass is 10.0. The molecule has 30 heavy (non-hydrogen) atoms. The summed E-state index contributed by atoms with van der Waals surface area (Å²) in [7, 11) is 1.28. The van der Waals surface area contributed by atoms with E-state index in [4.69, 9.17) is 9.47 Å². The SMILES string of the molecule is COC(=O)c1ccc(-c2ccccc2)cc1NC(=O)c1cc(OC(C)=O)ccc1C. The van der Waals surface area contributed by atoms with E-state index in [2.05, 4.69) is 5.32 Å². The predicted octanol–water partition coefficient (Wildman–Crippen LogP) is 4.63. The van der Waals surface area contributed by atoms with Crippen molar-refractivity contribution in [2.24, 2.45) is 0 Å². The molecule has 0 bridgehead atoms.